The van der Waals surface area contributed by atoms with E-state index in [9.17, 15) is 13.2 Å². The number of hydrogen-bond donors (Lipinski definition) is 1. The third-order valence-corrected chi connectivity index (χ3v) is 4.06. The largest absolute Gasteiger partial charge is 0.468 e. The van der Waals surface area contributed by atoms with Gasteiger partial charge in [-0.15, -0.1) is 0 Å². The average Bonchev–Trinajstić information content (AvgIpc) is 2.97. The first-order valence-electron chi connectivity index (χ1n) is 7.10. The third kappa shape index (κ3) is 5.93. The van der Waals surface area contributed by atoms with E-state index >= 15 is 0 Å². The molecule has 23 heavy (non-hydrogen) atoms. The Morgan fingerprint density at radius 2 is 1.87 bits per heavy atom. The molecule has 1 N–H and O–H groups in total. The van der Waals surface area contributed by atoms with Gasteiger partial charge < -0.3 is 9.73 Å². The molecule has 0 aliphatic rings. The summed E-state index contributed by atoms with van der Waals surface area (Å²) in [5, 5.41) is 3.31. The molecule has 1 aromatic heterocycles. The van der Waals surface area contributed by atoms with Crippen LogP contribution in [0.5, 0.6) is 0 Å². The Morgan fingerprint density at radius 3 is 2.39 bits per heavy atom. The SMILES string of the molecule is CN(C)C(CNCc1ccc(SC(F)(F)F)cc1)c1ccco1. The molecular formula is C16H19F3N2OS. The fourth-order valence-corrected chi connectivity index (χ4v) is 2.72. The van der Waals surface area contributed by atoms with Crippen LogP contribution < -0.4 is 5.32 Å². The lowest BCUT2D eigenvalue weighted by Gasteiger charge is -2.22. The molecule has 0 saturated heterocycles. The average molecular weight is 344 g/mol. The third-order valence-electron chi connectivity index (χ3n) is 3.32. The molecule has 1 unspecified atom stereocenters. The molecule has 7 heteroatoms. The smallest absolute Gasteiger partial charge is 0.446 e. The van der Waals surface area contributed by atoms with Crippen molar-refractivity contribution in [3.05, 3.63) is 54.0 Å². The first-order valence-corrected chi connectivity index (χ1v) is 7.92. The number of nitrogens with one attached hydrogen (secondary N) is 1. The van der Waals surface area contributed by atoms with Crippen LogP contribution in [0.4, 0.5) is 13.2 Å². The van der Waals surface area contributed by atoms with Crippen LogP contribution in [0.1, 0.15) is 17.4 Å². The number of alkyl halides is 3. The van der Waals surface area contributed by atoms with Crippen LogP contribution >= 0.6 is 11.8 Å². The molecule has 0 radical (unpaired) electrons. The van der Waals surface area contributed by atoms with Crippen molar-refractivity contribution in [3.8, 4) is 0 Å². The summed E-state index contributed by atoms with van der Waals surface area (Å²) in [5.74, 6) is 0.874. The van der Waals surface area contributed by atoms with Crippen LogP contribution in [-0.4, -0.2) is 31.0 Å². The highest BCUT2D eigenvalue weighted by Crippen LogP contribution is 2.36. The van der Waals surface area contributed by atoms with E-state index in [4.69, 9.17) is 4.42 Å². The monoisotopic (exact) mass is 344 g/mol. The van der Waals surface area contributed by atoms with Gasteiger partial charge in [0.15, 0.2) is 0 Å². The number of furan rings is 1. The second-order valence-corrected chi connectivity index (χ2v) is 6.46. The van der Waals surface area contributed by atoms with Crippen LogP contribution in [0.2, 0.25) is 0 Å². The summed E-state index contributed by atoms with van der Waals surface area (Å²) in [5.41, 5.74) is -3.31. The second-order valence-electron chi connectivity index (χ2n) is 5.32. The maximum absolute atomic E-state index is 12.3. The Hall–Kier alpha value is -1.44. The standard InChI is InChI=1S/C16H19F3N2OS/c1-21(2)14(15-4-3-9-22-15)11-20-10-12-5-7-13(8-6-12)23-16(17,18)19/h3-9,14,20H,10-11H2,1-2H3. The van der Waals surface area contributed by atoms with E-state index in [-0.39, 0.29) is 22.7 Å². The van der Waals surface area contributed by atoms with E-state index in [2.05, 4.69) is 10.2 Å². The molecule has 1 heterocycles. The van der Waals surface area contributed by atoms with Gasteiger partial charge in [0.2, 0.25) is 0 Å². The molecule has 0 amide bonds. The van der Waals surface area contributed by atoms with E-state index in [0.29, 0.717) is 13.1 Å². The zero-order chi connectivity index (χ0) is 16.9. The lowest BCUT2D eigenvalue weighted by Crippen LogP contribution is -2.30. The molecule has 0 aliphatic heterocycles. The van der Waals surface area contributed by atoms with E-state index in [1.165, 1.54) is 12.1 Å². The Balaban J connectivity index is 1.86. The van der Waals surface area contributed by atoms with Gasteiger partial charge in [-0.2, -0.15) is 13.2 Å². The number of halogens is 3. The van der Waals surface area contributed by atoms with E-state index in [1.54, 1.807) is 18.4 Å². The van der Waals surface area contributed by atoms with Crippen LogP contribution in [0.25, 0.3) is 0 Å². The molecule has 0 fully saturated rings. The van der Waals surface area contributed by atoms with Gasteiger partial charge in [0.05, 0.1) is 12.3 Å². The van der Waals surface area contributed by atoms with E-state index in [0.717, 1.165) is 11.3 Å². The van der Waals surface area contributed by atoms with Crippen LogP contribution in [0, 0.1) is 0 Å². The fraction of sp³-hybridized carbons (Fsp3) is 0.375. The lowest BCUT2D eigenvalue weighted by molar-refractivity contribution is -0.0328. The Labute approximate surface area is 137 Å². The normalized spacial score (nSPS) is 13.5. The van der Waals surface area contributed by atoms with Crippen molar-refractivity contribution >= 4 is 11.8 Å². The van der Waals surface area contributed by atoms with Crippen molar-refractivity contribution in [1.29, 1.82) is 0 Å². The van der Waals surface area contributed by atoms with Gasteiger partial charge in [0, 0.05) is 18.0 Å². The molecule has 2 aromatic rings. The van der Waals surface area contributed by atoms with Gasteiger partial charge in [-0.3, -0.25) is 4.90 Å². The minimum atomic E-state index is -4.25. The van der Waals surface area contributed by atoms with Gasteiger partial charge in [0.25, 0.3) is 0 Å². The van der Waals surface area contributed by atoms with Crippen LogP contribution in [0.3, 0.4) is 0 Å². The van der Waals surface area contributed by atoms with Crippen molar-refractivity contribution in [3.63, 3.8) is 0 Å². The predicted molar refractivity (Wildman–Crippen MR) is 85.2 cm³/mol. The lowest BCUT2D eigenvalue weighted by atomic mass is 10.2. The van der Waals surface area contributed by atoms with E-state index < -0.39 is 5.51 Å². The van der Waals surface area contributed by atoms with E-state index in [1.807, 2.05) is 26.2 Å². The summed E-state index contributed by atoms with van der Waals surface area (Å²) >= 11 is -0.0991. The first-order chi connectivity index (χ1) is 10.8. The number of thioether (sulfide) groups is 1. The Morgan fingerprint density at radius 1 is 1.17 bits per heavy atom. The summed E-state index contributed by atoms with van der Waals surface area (Å²) in [6.07, 6.45) is 1.64. The topological polar surface area (TPSA) is 28.4 Å². The van der Waals surface area contributed by atoms with Crippen molar-refractivity contribution in [2.45, 2.75) is 23.0 Å². The van der Waals surface area contributed by atoms with Gasteiger partial charge in [-0.05, 0) is 55.7 Å². The maximum atomic E-state index is 12.3. The summed E-state index contributed by atoms with van der Waals surface area (Å²) in [6.45, 7) is 1.27. The summed E-state index contributed by atoms with van der Waals surface area (Å²) < 4.78 is 42.3. The Kier molecular flexibility index (Phi) is 6.15. The minimum absolute atomic E-state index is 0.0991. The van der Waals surface area contributed by atoms with Crippen molar-refractivity contribution in [2.75, 3.05) is 20.6 Å². The van der Waals surface area contributed by atoms with Gasteiger partial charge in [-0.1, -0.05) is 12.1 Å². The molecule has 0 bridgehead atoms. The highest BCUT2D eigenvalue weighted by molar-refractivity contribution is 8.00. The zero-order valence-corrected chi connectivity index (χ0v) is 13.7. The van der Waals surface area contributed by atoms with Crippen molar-refractivity contribution in [1.82, 2.24) is 10.2 Å². The van der Waals surface area contributed by atoms with Gasteiger partial charge in [-0.25, -0.2) is 0 Å². The van der Waals surface area contributed by atoms with Crippen molar-refractivity contribution in [2.24, 2.45) is 0 Å². The van der Waals surface area contributed by atoms with Gasteiger partial charge in [0.1, 0.15) is 5.76 Å². The highest BCUT2D eigenvalue weighted by atomic mass is 32.2. The number of hydrogen-bond acceptors (Lipinski definition) is 4. The molecule has 0 aliphatic carbocycles. The van der Waals surface area contributed by atoms with Gasteiger partial charge >= 0.3 is 5.51 Å². The summed E-state index contributed by atoms with van der Waals surface area (Å²) in [7, 11) is 3.94. The number of benzene rings is 1. The second kappa shape index (κ2) is 7.90. The Bertz CT molecular complexity index is 582. The molecule has 126 valence electrons. The number of rotatable bonds is 7. The fourth-order valence-electron chi connectivity index (χ4n) is 2.18. The first kappa shape index (κ1) is 17.9. The minimum Gasteiger partial charge on any atom is -0.468 e. The highest BCUT2D eigenvalue weighted by Gasteiger charge is 2.28. The van der Waals surface area contributed by atoms with Crippen LogP contribution in [0.15, 0.2) is 52.0 Å². The molecule has 1 aromatic carbocycles. The molecule has 0 spiro atoms. The number of likely N-dealkylation sites (N-methyl/N-ethyl adjacent to an activating group) is 1. The summed E-state index contributed by atoms with van der Waals surface area (Å²) in [6, 6.07) is 10.3. The predicted octanol–water partition coefficient (Wildman–Crippen LogP) is 4.28. The summed E-state index contributed by atoms with van der Waals surface area (Å²) in [4.78, 5) is 2.25. The molecule has 2 rings (SSSR count). The number of nitrogens with zero attached hydrogens (tertiary/aromatic N) is 1. The molecule has 0 saturated carbocycles. The molecule has 1 atom stereocenters. The van der Waals surface area contributed by atoms with Crippen molar-refractivity contribution < 1.29 is 17.6 Å². The van der Waals surface area contributed by atoms with Crippen LogP contribution in [-0.2, 0) is 6.54 Å². The quantitative estimate of drug-likeness (QED) is 0.759. The maximum Gasteiger partial charge on any atom is 0.446 e. The molecular weight excluding hydrogens is 325 g/mol. The molecule has 3 nitrogen and oxygen atoms in total. The zero-order valence-electron chi connectivity index (χ0n) is 12.9.